The molecule has 4 rings (SSSR count). The Balaban J connectivity index is 1.32. The molecule has 1 aliphatic heterocycles. The Morgan fingerprint density at radius 1 is 0.967 bits per heavy atom. The lowest BCUT2D eigenvalue weighted by Gasteiger charge is -2.16. The van der Waals surface area contributed by atoms with E-state index in [4.69, 9.17) is 0 Å². The van der Waals surface area contributed by atoms with Gasteiger partial charge in [-0.25, -0.2) is 0 Å². The maximum atomic E-state index is 12.4. The number of imide groups is 1. The molecule has 152 valence electrons. The summed E-state index contributed by atoms with van der Waals surface area (Å²) < 4.78 is 0. The summed E-state index contributed by atoms with van der Waals surface area (Å²) in [6.07, 6.45) is 0.263. The number of fused-ring (bicyclic) bond motifs is 1. The Bertz CT molecular complexity index is 1060. The topological polar surface area (TPSA) is 101 Å². The van der Waals surface area contributed by atoms with Gasteiger partial charge in [0.2, 0.25) is 5.91 Å². The van der Waals surface area contributed by atoms with Crippen LogP contribution in [0.2, 0.25) is 0 Å². The summed E-state index contributed by atoms with van der Waals surface area (Å²) in [6.45, 7) is 0.601. The average Bonchev–Trinajstić information content (AvgIpc) is 3.30. The maximum Gasteiger partial charge on any atom is 0.261 e. The van der Waals surface area contributed by atoms with Crippen LogP contribution in [0.25, 0.3) is 0 Å². The standard InChI is InChI=1S/C21H20N6O3/c1-25(13-15-7-3-2-4-8-15)19(28)14-27-23-18(22-24-27)11-12-26-20(29)16-9-5-6-10-17(16)21(26)30/h2-10H,11-14H2,1H3. The van der Waals surface area contributed by atoms with E-state index in [2.05, 4.69) is 15.4 Å². The molecule has 1 aliphatic rings. The monoisotopic (exact) mass is 404 g/mol. The molecule has 2 aromatic carbocycles. The highest BCUT2D eigenvalue weighted by Gasteiger charge is 2.34. The molecule has 0 bridgehead atoms. The summed E-state index contributed by atoms with van der Waals surface area (Å²) >= 11 is 0. The quantitative estimate of drug-likeness (QED) is 0.548. The number of hydrogen-bond acceptors (Lipinski definition) is 6. The van der Waals surface area contributed by atoms with Crippen molar-refractivity contribution in [1.29, 1.82) is 0 Å². The first-order valence-corrected chi connectivity index (χ1v) is 9.52. The normalized spacial score (nSPS) is 12.9. The van der Waals surface area contributed by atoms with Crippen LogP contribution in [0.1, 0.15) is 32.1 Å². The number of amides is 3. The number of tetrazole rings is 1. The Kier molecular flexibility index (Phi) is 5.34. The number of nitrogens with zero attached hydrogens (tertiary/aromatic N) is 6. The predicted molar refractivity (Wildman–Crippen MR) is 106 cm³/mol. The van der Waals surface area contributed by atoms with E-state index < -0.39 is 0 Å². The Morgan fingerprint density at radius 2 is 1.60 bits per heavy atom. The molecule has 3 amide bonds. The fraction of sp³-hybridized carbons (Fsp3) is 0.238. The number of carbonyl (C=O) groups is 3. The van der Waals surface area contributed by atoms with E-state index in [9.17, 15) is 14.4 Å². The molecule has 30 heavy (non-hydrogen) atoms. The van der Waals surface area contributed by atoms with Gasteiger partial charge in [-0.05, 0) is 22.9 Å². The van der Waals surface area contributed by atoms with Crippen LogP contribution < -0.4 is 0 Å². The number of likely N-dealkylation sites (N-methyl/N-ethyl adjacent to an activating group) is 1. The molecular weight excluding hydrogens is 384 g/mol. The smallest absolute Gasteiger partial charge is 0.261 e. The summed E-state index contributed by atoms with van der Waals surface area (Å²) in [5.74, 6) is -0.422. The highest BCUT2D eigenvalue weighted by atomic mass is 16.2. The maximum absolute atomic E-state index is 12.4. The second-order valence-corrected chi connectivity index (χ2v) is 7.03. The SMILES string of the molecule is CN(Cc1ccccc1)C(=O)Cn1nnc(CCN2C(=O)c3ccccc3C2=O)n1. The van der Waals surface area contributed by atoms with E-state index in [1.54, 1.807) is 36.2 Å². The van der Waals surface area contributed by atoms with Gasteiger partial charge in [-0.3, -0.25) is 19.3 Å². The minimum Gasteiger partial charge on any atom is -0.340 e. The van der Waals surface area contributed by atoms with Gasteiger partial charge in [-0.15, -0.1) is 10.2 Å². The third kappa shape index (κ3) is 3.95. The van der Waals surface area contributed by atoms with E-state index in [1.807, 2.05) is 30.3 Å². The van der Waals surface area contributed by atoms with Crippen LogP contribution in [-0.2, 0) is 24.3 Å². The first-order valence-electron chi connectivity index (χ1n) is 9.52. The number of rotatable bonds is 7. The van der Waals surface area contributed by atoms with Gasteiger partial charge >= 0.3 is 0 Å². The third-order valence-electron chi connectivity index (χ3n) is 4.90. The second-order valence-electron chi connectivity index (χ2n) is 7.03. The number of carbonyl (C=O) groups excluding carboxylic acids is 3. The molecule has 0 spiro atoms. The van der Waals surface area contributed by atoms with Crippen molar-refractivity contribution in [1.82, 2.24) is 30.0 Å². The molecule has 1 aromatic heterocycles. The summed E-state index contributed by atoms with van der Waals surface area (Å²) in [7, 11) is 1.72. The van der Waals surface area contributed by atoms with Crippen LogP contribution in [0.4, 0.5) is 0 Å². The zero-order valence-electron chi connectivity index (χ0n) is 16.4. The van der Waals surface area contributed by atoms with E-state index >= 15 is 0 Å². The van der Waals surface area contributed by atoms with Gasteiger partial charge < -0.3 is 4.90 Å². The summed E-state index contributed by atoms with van der Waals surface area (Å²) in [5, 5.41) is 12.0. The summed E-state index contributed by atoms with van der Waals surface area (Å²) in [4.78, 5) is 41.2. The zero-order chi connectivity index (χ0) is 21.1. The van der Waals surface area contributed by atoms with Crippen molar-refractivity contribution in [2.45, 2.75) is 19.5 Å². The number of benzene rings is 2. The first-order chi connectivity index (χ1) is 14.5. The Labute approximate surface area is 172 Å². The van der Waals surface area contributed by atoms with Gasteiger partial charge in [-0.1, -0.05) is 42.5 Å². The van der Waals surface area contributed by atoms with Crippen LogP contribution in [0.5, 0.6) is 0 Å². The molecule has 0 saturated carbocycles. The van der Waals surface area contributed by atoms with E-state index in [-0.39, 0.29) is 37.2 Å². The highest BCUT2D eigenvalue weighted by molar-refractivity contribution is 6.21. The lowest BCUT2D eigenvalue weighted by atomic mass is 10.1. The molecule has 0 N–H and O–H groups in total. The average molecular weight is 404 g/mol. The lowest BCUT2D eigenvalue weighted by molar-refractivity contribution is -0.131. The molecule has 9 nitrogen and oxygen atoms in total. The van der Waals surface area contributed by atoms with Gasteiger partial charge in [0.05, 0.1) is 11.1 Å². The second kappa shape index (κ2) is 8.24. The van der Waals surface area contributed by atoms with Crippen LogP contribution in [-0.4, -0.2) is 61.3 Å². The first kappa shape index (κ1) is 19.4. The van der Waals surface area contributed by atoms with Crippen LogP contribution in [0.15, 0.2) is 54.6 Å². The van der Waals surface area contributed by atoms with Gasteiger partial charge in [0.1, 0.15) is 6.54 Å². The molecule has 9 heteroatoms. The number of aromatic nitrogens is 4. The van der Waals surface area contributed by atoms with Gasteiger partial charge in [0.25, 0.3) is 11.8 Å². The minimum atomic E-state index is -0.319. The van der Waals surface area contributed by atoms with E-state index in [0.29, 0.717) is 23.5 Å². The van der Waals surface area contributed by atoms with Gasteiger partial charge in [0, 0.05) is 26.6 Å². The van der Waals surface area contributed by atoms with Crippen LogP contribution in [0.3, 0.4) is 0 Å². The van der Waals surface area contributed by atoms with E-state index in [0.717, 1.165) is 5.56 Å². The van der Waals surface area contributed by atoms with Crippen molar-refractivity contribution in [2.75, 3.05) is 13.6 Å². The fourth-order valence-corrected chi connectivity index (χ4v) is 3.28. The molecule has 0 atom stereocenters. The molecule has 3 aromatic rings. The van der Waals surface area contributed by atoms with Crippen molar-refractivity contribution in [3.05, 3.63) is 77.1 Å². The van der Waals surface area contributed by atoms with Crippen molar-refractivity contribution >= 4 is 17.7 Å². The molecule has 2 heterocycles. The Hall–Kier alpha value is -3.88. The van der Waals surface area contributed by atoms with Gasteiger partial charge in [-0.2, -0.15) is 4.80 Å². The van der Waals surface area contributed by atoms with Crippen molar-refractivity contribution in [2.24, 2.45) is 0 Å². The molecule has 0 unspecified atom stereocenters. The largest absolute Gasteiger partial charge is 0.340 e. The summed E-state index contributed by atoms with van der Waals surface area (Å²) in [5.41, 5.74) is 1.85. The molecular formula is C21H20N6O3. The molecule has 0 aliphatic carbocycles. The van der Waals surface area contributed by atoms with Crippen LogP contribution >= 0.6 is 0 Å². The highest BCUT2D eigenvalue weighted by Crippen LogP contribution is 2.22. The van der Waals surface area contributed by atoms with Crippen LogP contribution in [0, 0.1) is 0 Å². The number of hydrogen-bond donors (Lipinski definition) is 0. The minimum absolute atomic E-state index is 0.0383. The fourth-order valence-electron chi connectivity index (χ4n) is 3.28. The molecule has 0 saturated heterocycles. The molecule has 0 fully saturated rings. The zero-order valence-corrected chi connectivity index (χ0v) is 16.4. The Morgan fingerprint density at radius 3 is 2.27 bits per heavy atom. The van der Waals surface area contributed by atoms with Crippen molar-refractivity contribution in [3.63, 3.8) is 0 Å². The summed E-state index contributed by atoms with van der Waals surface area (Å²) in [6, 6.07) is 16.4. The molecule has 0 radical (unpaired) electrons. The van der Waals surface area contributed by atoms with Crippen molar-refractivity contribution in [3.8, 4) is 0 Å². The van der Waals surface area contributed by atoms with E-state index in [1.165, 1.54) is 9.70 Å². The van der Waals surface area contributed by atoms with Gasteiger partial charge in [0.15, 0.2) is 5.82 Å². The lowest BCUT2D eigenvalue weighted by Crippen LogP contribution is -2.32. The third-order valence-corrected chi connectivity index (χ3v) is 4.90. The van der Waals surface area contributed by atoms with Crippen molar-refractivity contribution < 1.29 is 14.4 Å². The predicted octanol–water partition coefficient (Wildman–Crippen LogP) is 1.17.